The van der Waals surface area contributed by atoms with Gasteiger partial charge in [-0.1, -0.05) is 31.2 Å². The molecule has 1 aromatic heterocycles. The molecule has 0 saturated heterocycles. The molecule has 2 N–H and O–H groups in total. The third-order valence-electron chi connectivity index (χ3n) is 2.94. The first-order valence-corrected chi connectivity index (χ1v) is 6.22. The lowest BCUT2D eigenvalue weighted by Crippen LogP contribution is -2.27. The van der Waals surface area contributed by atoms with Crippen LogP contribution in [0.1, 0.15) is 54.5 Å². The van der Waals surface area contributed by atoms with E-state index in [2.05, 4.69) is 39.8 Å². The first-order valence-electron chi connectivity index (χ1n) is 6.22. The average molecular weight is 259 g/mol. The molecule has 1 atom stereocenters. The molecule has 0 fully saturated rings. The molecule has 0 spiro atoms. The highest BCUT2D eigenvalue weighted by Gasteiger charge is 2.14. The molecule has 6 nitrogen and oxygen atoms in total. The highest BCUT2D eigenvalue weighted by Crippen LogP contribution is 2.15. The maximum atomic E-state index is 12.0. The number of aromatic amines is 1. The molecule has 1 heterocycles. The molecule has 100 valence electrons. The fraction of sp³-hybridized carbons (Fsp3) is 0.385. The maximum Gasteiger partial charge on any atom is 0.251 e. The number of hydrogen-bond acceptors (Lipinski definition) is 4. The van der Waals surface area contributed by atoms with Crippen LogP contribution in [-0.2, 0) is 0 Å². The Kier molecular flexibility index (Phi) is 3.89. The summed E-state index contributed by atoms with van der Waals surface area (Å²) in [5, 5.41) is 16.3. The minimum absolute atomic E-state index is 0.146. The number of benzene rings is 1. The fourth-order valence-corrected chi connectivity index (χ4v) is 1.72. The number of H-pyrrole nitrogens is 1. The van der Waals surface area contributed by atoms with Crippen LogP contribution >= 0.6 is 0 Å². The van der Waals surface area contributed by atoms with Crippen LogP contribution in [0.4, 0.5) is 0 Å². The van der Waals surface area contributed by atoms with Gasteiger partial charge >= 0.3 is 0 Å². The van der Waals surface area contributed by atoms with Crippen molar-refractivity contribution in [3.05, 3.63) is 41.2 Å². The van der Waals surface area contributed by atoms with Crippen LogP contribution in [0.15, 0.2) is 24.3 Å². The molecule has 0 aliphatic rings. The van der Waals surface area contributed by atoms with E-state index >= 15 is 0 Å². The van der Waals surface area contributed by atoms with Gasteiger partial charge in [-0.25, -0.2) is 0 Å². The van der Waals surface area contributed by atoms with Crippen molar-refractivity contribution in [3.8, 4) is 0 Å². The second kappa shape index (κ2) is 5.60. The van der Waals surface area contributed by atoms with Gasteiger partial charge in [0.25, 0.3) is 5.91 Å². The van der Waals surface area contributed by atoms with Gasteiger partial charge in [-0.3, -0.25) is 4.79 Å². The van der Waals surface area contributed by atoms with Crippen LogP contribution < -0.4 is 5.32 Å². The highest BCUT2D eigenvalue weighted by atomic mass is 16.1. The Hall–Kier alpha value is -2.24. The van der Waals surface area contributed by atoms with E-state index in [1.165, 1.54) is 5.56 Å². The summed E-state index contributed by atoms with van der Waals surface area (Å²) in [6.45, 7) is 6.05. The smallest absolute Gasteiger partial charge is 0.251 e. The molecule has 2 aromatic rings. The molecule has 1 unspecified atom stereocenters. The van der Waals surface area contributed by atoms with Gasteiger partial charge in [-0.2, -0.15) is 5.21 Å². The van der Waals surface area contributed by atoms with E-state index < -0.39 is 0 Å². The Morgan fingerprint density at radius 3 is 2.42 bits per heavy atom. The van der Waals surface area contributed by atoms with E-state index in [9.17, 15) is 4.79 Å². The molecular formula is C13H17N5O. The first-order chi connectivity index (χ1) is 9.08. The predicted molar refractivity (Wildman–Crippen MR) is 70.6 cm³/mol. The van der Waals surface area contributed by atoms with E-state index in [0.717, 1.165) is 0 Å². The van der Waals surface area contributed by atoms with Crippen LogP contribution in [0.5, 0.6) is 0 Å². The van der Waals surface area contributed by atoms with Crippen molar-refractivity contribution in [1.82, 2.24) is 25.9 Å². The molecule has 0 aliphatic carbocycles. The number of carbonyl (C=O) groups is 1. The first kappa shape index (κ1) is 13.2. The normalized spacial score (nSPS) is 12.4. The lowest BCUT2D eigenvalue weighted by Gasteiger charge is -2.11. The average Bonchev–Trinajstić information content (AvgIpc) is 2.92. The molecule has 0 radical (unpaired) electrons. The summed E-state index contributed by atoms with van der Waals surface area (Å²) >= 11 is 0. The van der Waals surface area contributed by atoms with E-state index in [1.54, 1.807) is 0 Å². The number of amides is 1. The minimum atomic E-state index is -0.281. The Morgan fingerprint density at radius 1 is 1.21 bits per heavy atom. The monoisotopic (exact) mass is 259 g/mol. The van der Waals surface area contributed by atoms with Crippen molar-refractivity contribution in [3.63, 3.8) is 0 Å². The summed E-state index contributed by atoms with van der Waals surface area (Å²) in [7, 11) is 0. The topological polar surface area (TPSA) is 83.6 Å². The van der Waals surface area contributed by atoms with Crippen LogP contribution in [0, 0.1) is 0 Å². The number of nitrogens with one attached hydrogen (secondary N) is 2. The van der Waals surface area contributed by atoms with Crippen molar-refractivity contribution < 1.29 is 4.79 Å². The zero-order chi connectivity index (χ0) is 13.8. The molecule has 0 aliphatic heterocycles. The standard InChI is InChI=1S/C13H17N5O/c1-8(2)10-4-6-11(7-5-10)13(19)14-9(3)12-15-17-18-16-12/h4-9H,1-3H3,(H,14,19)(H,15,16,17,18). The fourth-order valence-electron chi connectivity index (χ4n) is 1.72. The van der Waals surface area contributed by atoms with Crippen molar-refractivity contribution >= 4 is 5.91 Å². The molecular weight excluding hydrogens is 242 g/mol. The van der Waals surface area contributed by atoms with Crippen molar-refractivity contribution in [2.45, 2.75) is 32.7 Å². The summed E-state index contributed by atoms with van der Waals surface area (Å²) in [6.07, 6.45) is 0. The summed E-state index contributed by atoms with van der Waals surface area (Å²) in [5.41, 5.74) is 1.84. The molecule has 2 rings (SSSR count). The Morgan fingerprint density at radius 2 is 1.89 bits per heavy atom. The third kappa shape index (κ3) is 3.15. The highest BCUT2D eigenvalue weighted by molar-refractivity contribution is 5.94. The van der Waals surface area contributed by atoms with E-state index in [0.29, 0.717) is 17.3 Å². The van der Waals surface area contributed by atoms with Gasteiger partial charge in [0, 0.05) is 5.56 Å². The Balaban J connectivity index is 2.03. The second-order valence-corrected chi connectivity index (χ2v) is 4.74. The molecule has 0 bridgehead atoms. The van der Waals surface area contributed by atoms with Gasteiger partial charge in [-0.15, -0.1) is 10.2 Å². The van der Waals surface area contributed by atoms with Crippen LogP contribution in [0.25, 0.3) is 0 Å². The van der Waals surface area contributed by atoms with Crippen LogP contribution in [-0.4, -0.2) is 26.5 Å². The minimum Gasteiger partial charge on any atom is -0.342 e. The van der Waals surface area contributed by atoms with Crippen LogP contribution in [0.2, 0.25) is 0 Å². The van der Waals surface area contributed by atoms with Gasteiger partial charge in [0.1, 0.15) is 0 Å². The zero-order valence-corrected chi connectivity index (χ0v) is 11.2. The predicted octanol–water partition coefficient (Wildman–Crippen LogP) is 1.81. The quantitative estimate of drug-likeness (QED) is 0.877. The molecule has 6 heteroatoms. The van der Waals surface area contributed by atoms with Gasteiger partial charge in [0.2, 0.25) is 0 Å². The Bertz CT molecular complexity index is 533. The van der Waals surface area contributed by atoms with Gasteiger partial charge in [-0.05, 0) is 30.5 Å². The molecule has 1 amide bonds. The van der Waals surface area contributed by atoms with Crippen molar-refractivity contribution in [1.29, 1.82) is 0 Å². The molecule has 0 saturated carbocycles. The number of rotatable bonds is 4. The van der Waals surface area contributed by atoms with Gasteiger partial charge in [0.15, 0.2) is 5.82 Å². The summed E-state index contributed by atoms with van der Waals surface area (Å²) in [6, 6.07) is 7.31. The van der Waals surface area contributed by atoms with Crippen molar-refractivity contribution in [2.75, 3.05) is 0 Å². The largest absolute Gasteiger partial charge is 0.342 e. The maximum absolute atomic E-state index is 12.0. The summed E-state index contributed by atoms with van der Waals surface area (Å²) in [4.78, 5) is 12.0. The second-order valence-electron chi connectivity index (χ2n) is 4.74. The molecule has 19 heavy (non-hydrogen) atoms. The lowest BCUT2D eigenvalue weighted by atomic mass is 10.0. The van der Waals surface area contributed by atoms with Crippen molar-refractivity contribution in [2.24, 2.45) is 0 Å². The lowest BCUT2D eigenvalue weighted by molar-refractivity contribution is 0.0938. The number of tetrazole rings is 1. The van der Waals surface area contributed by atoms with E-state index in [1.807, 2.05) is 31.2 Å². The molecule has 1 aromatic carbocycles. The summed E-state index contributed by atoms with van der Waals surface area (Å²) < 4.78 is 0. The van der Waals surface area contributed by atoms with Gasteiger partial charge in [0.05, 0.1) is 6.04 Å². The number of carbonyl (C=O) groups excluding carboxylic acids is 1. The van der Waals surface area contributed by atoms with E-state index in [-0.39, 0.29) is 11.9 Å². The SMILES string of the molecule is CC(C)c1ccc(C(=O)NC(C)c2nn[nH]n2)cc1. The number of hydrogen-bond donors (Lipinski definition) is 2. The number of nitrogens with zero attached hydrogens (tertiary/aromatic N) is 3. The Labute approximate surface area is 111 Å². The zero-order valence-electron chi connectivity index (χ0n) is 11.2. The summed E-state index contributed by atoms with van der Waals surface area (Å²) in [5.74, 6) is 0.773. The van der Waals surface area contributed by atoms with Gasteiger partial charge < -0.3 is 5.32 Å². The van der Waals surface area contributed by atoms with E-state index in [4.69, 9.17) is 0 Å². The number of aromatic nitrogens is 4. The van der Waals surface area contributed by atoms with Crippen LogP contribution in [0.3, 0.4) is 0 Å². The third-order valence-corrected chi connectivity index (χ3v) is 2.94.